The molecule has 0 amide bonds. The van der Waals surface area contributed by atoms with Crippen molar-refractivity contribution in [2.75, 3.05) is 236 Å². The van der Waals surface area contributed by atoms with E-state index < -0.39 is 20.2 Å². The molecule has 0 fully saturated rings. The van der Waals surface area contributed by atoms with Crippen LogP contribution < -0.4 is 9.47 Å². The van der Waals surface area contributed by atoms with Gasteiger partial charge in [0.15, 0.2) is 11.5 Å². The van der Waals surface area contributed by atoms with Crippen molar-refractivity contribution in [3.8, 4) is 11.5 Å². The summed E-state index contributed by atoms with van der Waals surface area (Å²) in [6.45, 7) is 14.6. The highest BCUT2D eigenvalue weighted by atomic mass is 32.2. The smallest absolute Gasteiger partial charge is 0.264 e. The lowest BCUT2D eigenvalue weighted by molar-refractivity contribution is -0.0238. The predicted octanol–water partition coefficient (Wildman–Crippen LogP) is 3.20. The van der Waals surface area contributed by atoms with Crippen molar-refractivity contribution in [1.29, 1.82) is 0 Å². The minimum absolute atomic E-state index is 0.253. The monoisotopic (exact) mass is 1140 g/mol. The molecule has 2 N–H and O–H groups in total. The Morgan fingerprint density at radius 3 is 0.645 bits per heavy atom. The van der Waals surface area contributed by atoms with E-state index in [-0.39, 0.29) is 11.5 Å². The topological polar surface area (TPSA) is 275 Å². The van der Waals surface area contributed by atoms with Gasteiger partial charge in [0, 0.05) is 13.2 Å². The Balaban J connectivity index is 1.31. The summed E-state index contributed by atoms with van der Waals surface area (Å²) in [7, 11) is -7.81. The number of hydrogen-bond donors (Lipinski definition) is 2. The molecule has 0 saturated carbocycles. The molecule has 0 aliphatic rings. The van der Waals surface area contributed by atoms with Crippen LogP contribution in [-0.4, -0.2) is 262 Å². The fourth-order valence-electron chi connectivity index (χ4n) is 6.11. The van der Waals surface area contributed by atoms with Gasteiger partial charge in [0.05, 0.1) is 210 Å². The minimum Gasteiger partial charge on any atom is -0.487 e. The molecule has 0 radical (unpaired) electrons. The average Bonchev–Trinajstić information content (AvgIpc) is 3.39. The maximum Gasteiger partial charge on any atom is 0.264 e. The fraction of sp³-hybridized carbons (Fsp3) is 0.800. The van der Waals surface area contributed by atoms with E-state index in [4.69, 9.17) is 94.4 Å². The first-order chi connectivity index (χ1) is 37.1. The van der Waals surface area contributed by atoms with Gasteiger partial charge in [-0.2, -0.15) is 16.8 Å². The van der Waals surface area contributed by atoms with Crippen LogP contribution in [0, 0.1) is 0 Å². The van der Waals surface area contributed by atoms with E-state index >= 15 is 0 Å². The zero-order valence-electron chi connectivity index (χ0n) is 44.4. The summed E-state index contributed by atoms with van der Waals surface area (Å²) in [5, 5.41) is 2.08. The van der Waals surface area contributed by atoms with Crippen LogP contribution in [0.4, 0.5) is 0 Å². The van der Waals surface area contributed by atoms with Crippen LogP contribution in [-0.2, 0) is 96.0 Å². The van der Waals surface area contributed by atoms with Gasteiger partial charge in [0.1, 0.15) is 13.2 Å². The highest BCUT2D eigenvalue weighted by molar-refractivity contribution is 7.86. The predicted molar refractivity (Wildman–Crippen MR) is 279 cm³/mol. The van der Waals surface area contributed by atoms with Gasteiger partial charge in [-0.3, -0.25) is 9.11 Å². The third-order valence-corrected chi connectivity index (χ3v) is 11.5. The summed E-state index contributed by atoms with van der Waals surface area (Å²) in [6, 6.07) is 11.9. The van der Waals surface area contributed by atoms with Crippen LogP contribution in [0.2, 0.25) is 0 Å². The molecule has 2 rings (SSSR count). The zero-order valence-corrected chi connectivity index (χ0v) is 46.1. The second kappa shape index (κ2) is 50.7. The van der Waals surface area contributed by atoms with Gasteiger partial charge in [-0.05, 0) is 48.6 Å². The molecule has 0 bridgehead atoms. The van der Waals surface area contributed by atoms with Crippen LogP contribution in [0.3, 0.4) is 0 Å². The number of rotatable bonds is 60. The number of hydrogen-bond acceptors (Lipinski definition) is 22. The molecule has 0 atom stereocenters. The summed E-state index contributed by atoms with van der Waals surface area (Å²) < 4.78 is 160. The Kier molecular flexibility index (Phi) is 46.4. The number of unbranched alkanes of at least 4 members (excludes halogenated alkanes) is 2. The van der Waals surface area contributed by atoms with Crippen molar-refractivity contribution in [1.82, 2.24) is 0 Å². The van der Waals surface area contributed by atoms with Gasteiger partial charge in [0.25, 0.3) is 20.2 Å². The van der Waals surface area contributed by atoms with Gasteiger partial charge in [-0.1, -0.05) is 24.3 Å². The minimum atomic E-state index is -3.91. The molecule has 0 heterocycles. The molecule has 0 aliphatic heterocycles. The third kappa shape index (κ3) is 47.5. The summed E-state index contributed by atoms with van der Waals surface area (Å²) in [4.78, 5) is 0. The molecular formula is C50H88O24S2. The lowest BCUT2D eigenvalue weighted by Crippen LogP contribution is -2.15. The normalized spacial score (nSPS) is 12.1. The first-order valence-corrected chi connectivity index (χ1v) is 29.3. The van der Waals surface area contributed by atoms with Gasteiger partial charge in [0.2, 0.25) is 0 Å². The molecule has 0 aliphatic carbocycles. The van der Waals surface area contributed by atoms with Crippen molar-refractivity contribution >= 4 is 31.0 Å². The van der Waals surface area contributed by atoms with E-state index in [2.05, 4.69) is 0 Å². The fourth-order valence-corrected chi connectivity index (χ4v) is 7.24. The Bertz CT molecular complexity index is 1690. The molecule has 2 aromatic carbocycles. The molecule has 0 aromatic heterocycles. The lowest BCUT2D eigenvalue weighted by Gasteiger charge is -2.15. The maximum absolute atomic E-state index is 10.6. The Morgan fingerprint density at radius 1 is 0.263 bits per heavy atom. The molecule has 24 nitrogen and oxygen atoms in total. The van der Waals surface area contributed by atoms with Crippen molar-refractivity contribution in [2.45, 2.75) is 25.7 Å². The third-order valence-electron chi connectivity index (χ3n) is 9.87. The molecule has 0 saturated heterocycles. The molecule has 0 unspecified atom stereocenters. The summed E-state index contributed by atoms with van der Waals surface area (Å²) in [5.74, 6) is 0.747. The Hall–Kier alpha value is -2.52. The SMILES string of the molecule is O=S(=O)(O)CCCCOCCOCCOCCOCCOCCOCCOCCOCCOc1cc2ccccc2cc1OCCOCCOCCOCCOCCOCCOCCOCCOCCCCS(=O)(=O)O. The Morgan fingerprint density at radius 2 is 0.447 bits per heavy atom. The summed E-state index contributed by atoms with van der Waals surface area (Å²) >= 11 is 0. The van der Waals surface area contributed by atoms with E-state index in [0.717, 1.165) is 10.8 Å². The van der Waals surface area contributed by atoms with Gasteiger partial charge in [-0.25, -0.2) is 0 Å². The van der Waals surface area contributed by atoms with Gasteiger partial charge in [-0.15, -0.1) is 0 Å². The van der Waals surface area contributed by atoms with E-state index in [0.29, 0.717) is 262 Å². The molecule has 444 valence electrons. The van der Waals surface area contributed by atoms with Crippen LogP contribution >= 0.6 is 0 Å². The Labute approximate surface area is 450 Å². The summed E-state index contributed by atoms with van der Waals surface area (Å²) in [5.41, 5.74) is 0. The lowest BCUT2D eigenvalue weighted by atomic mass is 10.1. The first kappa shape index (κ1) is 69.6. The summed E-state index contributed by atoms with van der Waals surface area (Å²) in [6.07, 6.45) is 1.82. The molecule has 76 heavy (non-hydrogen) atoms. The van der Waals surface area contributed by atoms with Gasteiger partial charge < -0.3 is 85.3 Å². The van der Waals surface area contributed by atoms with Crippen molar-refractivity contribution in [3.05, 3.63) is 36.4 Å². The second-order valence-electron chi connectivity index (χ2n) is 16.1. The average molecular weight is 1140 g/mol. The molecule has 2 aromatic rings. The molecule has 0 spiro atoms. The number of fused-ring (bicyclic) bond motifs is 1. The van der Waals surface area contributed by atoms with E-state index in [1.807, 2.05) is 36.4 Å². The van der Waals surface area contributed by atoms with Gasteiger partial charge >= 0.3 is 0 Å². The maximum atomic E-state index is 10.6. The van der Waals surface area contributed by atoms with Crippen LogP contribution in [0.1, 0.15) is 25.7 Å². The molecular weight excluding hydrogens is 1050 g/mol. The highest BCUT2D eigenvalue weighted by Crippen LogP contribution is 2.32. The van der Waals surface area contributed by atoms with E-state index in [1.54, 1.807) is 0 Å². The second-order valence-corrected chi connectivity index (χ2v) is 19.3. The quantitative estimate of drug-likeness (QED) is 0.0711. The number of ether oxygens (including phenoxy) is 18. The van der Waals surface area contributed by atoms with E-state index in [9.17, 15) is 16.8 Å². The highest BCUT2D eigenvalue weighted by Gasteiger charge is 2.09. The van der Waals surface area contributed by atoms with Crippen molar-refractivity contribution in [2.24, 2.45) is 0 Å². The largest absolute Gasteiger partial charge is 0.487 e. The van der Waals surface area contributed by atoms with Crippen molar-refractivity contribution in [3.63, 3.8) is 0 Å². The van der Waals surface area contributed by atoms with Crippen LogP contribution in [0.25, 0.3) is 10.8 Å². The van der Waals surface area contributed by atoms with Crippen LogP contribution in [0.15, 0.2) is 36.4 Å². The van der Waals surface area contributed by atoms with Crippen LogP contribution in [0.5, 0.6) is 11.5 Å². The van der Waals surface area contributed by atoms with Crippen molar-refractivity contribution < 1.29 is 111 Å². The first-order valence-electron chi connectivity index (χ1n) is 26.1. The zero-order chi connectivity index (χ0) is 54.6. The molecule has 26 heteroatoms. The number of benzene rings is 2. The standard InChI is InChI=1S/C50H88O24S2/c51-75(52,53)43-5-3-9-57-11-13-59-15-17-61-19-21-63-23-25-65-27-29-67-31-33-69-35-37-71-39-41-73-49-45-47-7-1-2-8-48(47)46-50(49)74-42-40-72-38-36-70-34-32-68-30-28-66-26-24-64-22-20-62-18-16-60-14-12-58-10-4-6-44-76(54,55)56/h1-2,7-8,45-46H,3-6,9-44H2,(H,51,52,53)(H,54,55,56). The van der Waals surface area contributed by atoms with E-state index in [1.165, 1.54) is 0 Å².